The van der Waals surface area contributed by atoms with Crippen molar-refractivity contribution < 1.29 is 33.8 Å². The van der Waals surface area contributed by atoms with Gasteiger partial charge in [0.05, 0.1) is 26.1 Å². The van der Waals surface area contributed by atoms with Crippen molar-refractivity contribution >= 4 is 46.8 Å². The molecule has 4 fully saturated rings. The van der Waals surface area contributed by atoms with Gasteiger partial charge in [0.25, 0.3) is 11.8 Å². The lowest BCUT2D eigenvalue weighted by molar-refractivity contribution is -0.144. The second-order valence-corrected chi connectivity index (χ2v) is 12.8. The van der Waals surface area contributed by atoms with Crippen molar-refractivity contribution in [2.45, 2.75) is 66.7 Å². The molecule has 1 aromatic rings. The first-order valence-corrected chi connectivity index (χ1v) is 14.5. The second kappa shape index (κ2) is 9.38. The fourth-order valence-corrected chi connectivity index (χ4v) is 8.95. The number of methoxy groups -OCH3 is 2. The van der Waals surface area contributed by atoms with Crippen LogP contribution in [0.4, 0.5) is 0 Å². The molecule has 2 aliphatic heterocycles. The van der Waals surface area contributed by atoms with Crippen LogP contribution < -0.4 is 9.47 Å². The summed E-state index contributed by atoms with van der Waals surface area (Å²) in [6.45, 7) is 0. The molecule has 2 saturated heterocycles. The highest BCUT2D eigenvalue weighted by molar-refractivity contribution is 6.53. The van der Waals surface area contributed by atoms with Gasteiger partial charge in [0.15, 0.2) is 9.75 Å². The van der Waals surface area contributed by atoms with Gasteiger partial charge in [-0.3, -0.25) is 29.0 Å². The van der Waals surface area contributed by atoms with E-state index >= 15 is 0 Å². The van der Waals surface area contributed by atoms with Crippen LogP contribution in [-0.4, -0.2) is 75.6 Å². The minimum Gasteiger partial charge on any atom is -0.507 e. The van der Waals surface area contributed by atoms with Crippen LogP contribution >= 0.6 is 23.2 Å². The van der Waals surface area contributed by atoms with Gasteiger partial charge in [0.2, 0.25) is 11.8 Å². The molecular weight excluding hydrogens is 559 g/mol. The molecule has 4 amide bonds. The average Bonchev–Trinajstić information content (AvgIpc) is 3.28. The smallest absolute Gasteiger partial charge is 0.253 e. The zero-order valence-corrected chi connectivity index (χ0v) is 24.1. The average molecular weight is 591 g/mol. The van der Waals surface area contributed by atoms with Crippen molar-refractivity contribution in [3.05, 3.63) is 29.3 Å². The van der Waals surface area contributed by atoms with E-state index in [-0.39, 0.29) is 47.8 Å². The van der Waals surface area contributed by atoms with Crippen LogP contribution in [0, 0.1) is 17.8 Å². The quantitative estimate of drug-likeness (QED) is 0.323. The number of nitrogens with zero attached hydrogens (tertiary/aromatic N) is 2. The Balaban J connectivity index is 1.54. The Hall–Kier alpha value is -2.78. The van der Waals surface area contributed by atoms with Crippen molar-refractivity contribution in [3.63, 3.8) is 0 Å². The summed E-state index contributed by atoms with van der Waals surface area (Å²) in [4.78, 5) is 53.5. The number of amides is 4. The number of likely N-dealkylation sites (tertiary alicyclic amines) is 2. The zero-order valence-electron chi connectivity index (χ0n) is 22.6. The van der Waals surface area contributed by atoms with Crippen LogP contribution in [0.1, 0.15) is 56.4 Å². The maximum absolute atomic E-state index is 14.1. The maximum Gasteiger partial charge on any atom is 0.253 e. The summed E-state index contributed by atoms with van der Waals surface area (Å²) < 4.78 is 10.9. The molecule has 1 N–H and O–H groups in total. The number of imide groups is 2. The van der Waals surface area contributed by atoms with Gasteiger partial charge in [0, 0.05) is 36.7 Å². The first kappa shape index (κ1) is 27.4. The number of halogens is 2. The number of carbonyl (C=O) groups excluding carboxylic acids is 4. The fourth-order valence-electron chi connectivity index (χ4n) is 7.95. The maximum atomic E-state index is 14.1. The third-order valence-electron chi connectivity index (χ3n) is 9.83. The molecule has 40 heavy (non-hydrogen) atoms. The van der Waals surface area contributed by atoms with Gasteiger partial charge in [-0.25, -0.2) is 0 Å². The Bertz CT molecular complexity index is 1360. The Labute approximate surface area is 242 Å². The van der Waals surface area contributed by atoms with Gasteiger partial charge >= 0.3 is 0 Å². The lowest BCUT2D eigenvalue weighted by Crippen LogP contribution is -2.60. The van der Waals surface area contributed by atoms with E-state index in [1.54, 1.807) is 6.07 Å². The third kappa shape index (κ3) is 3.39. The summed E-state index contributed by atoms with van der Waals surface area (Å²) in [5, 5.41) is 11.3. The number of aromatic hydroxyl groups is 1. The molecule has 3 aliphatic carbocycles. The van der Waals surface area contributed by atoms with E-state index in [1.807, 2.05) is 6.08 Å². The standard InChI is InChI=1S/C29H32Cl2N2O7/c1-32-26(37)28(30)13-18-16(9-10-17-21(18)25(36)33(24(17)35)14-7-5-4-6-8-14)23(29(28,31)27(32)38)22-19(34)11-15(39-2)12-20(22)40-3/h9,11-12,14,17-18,21,23,34H,4-8,10,13H2,1-3H3. The minimum atomic E-state index is -2.01. The van der Waals surface area contributed by atoms with Crippen molar-refractivity contribution in [3.8, 4) is 17.2 Å². The summed E-state index contributed by atoms with van der Waals surface area (Å²) >= 11 is 14.4. The Morgan fingerprint density at radius 1 is 0.950 bits per heavy atom. The Kier molecular flexibility index (Phi) is 6.42. The Morgan fingerprint density at radius 2 is 1.65 bits per heavy atom. The van der Waals surface area contributed by atoms with Crippen LogP contribution in [0.5, 0.6) is 17.2 Å². The predicted octanol–water partition coefficient (Wildman–Crippen LogP) is 3.73. The molecule has 5 aliphatic rings. The lowest BCUT2D eigenvalue weighted by Gasteiger charge is -2.51. The zero-order chi connectivity index (χ0) is 28.7. The summed E-state index contributed by atoms with van der Waals surface area (Å²) in [7, 11) is 4.18. The molecule has 9 nitrogen and oxygen atoms in total. The van der Waals surface area contributed by atoms with Gasteiger partial charge in [-0.05, 0) is 31.6 Å². The van der Waals surface area contributed by atoms with E-state index < -0.39 is 45.2 Å². The summed E-state index contributed by atoms with van der Waals surface area (Å²) in [6, 6.07) is 2.80. The Morgan fingerprint density at radius 3 is 2.30 bits per heavy atom. The van der Waals surface area contributed by atoms with E-state index in [0.29, 0.717) is 11.3 Å². The molecule has 0 spiro atoms. The fraction of sp³-hybridized carbons (Fsp3) is 0.586. The highest BCUT2D eigenvalue weighted by Crippen LogP contribution is 2.67. The predicted molar refractivity (Wildman–Crippen MR) is 145 cm³/mol. The van der Waals surface area contributed by atoms with Crippen molar-refractivity contribution in [1.82, 2.24) is 9.80 Å². The molecule has 0 aromatic heterocycles. The molecule has 0 radical (unpaired) electrons. The van der Waals surface area contributed by atoms with Gasteiger partial charge in [0.1, 0.15) is 17.2 Å². The highest BCUT2D eigenvalue weighted by atomic mass is 35.5. The van der Waals surface area contributed by atoms with E-state index in [4.69, 9.17) is 32.7 Å². The highest BCUT2D eigenvalue weighted by Gasteiger charge is 2.76. The van der Waals surface area contributed by atoms with Gasteiger partial charge < -0.3 is 14.6 Å². The second-order valence-electron chi connectivity index (χ2n) is 11.6. The number of hydrogen-bond acceptors (Lipinski definition) is 7. The third-order valence-corrected chi connectivity index (χ3v) is 11.2. The number of phenolic OH excluding ortho intramolecular Hbond substituents is 1. The summed E-state index contributed by atoms with van der Waals surface area (Å²) in [5.74, 6) is -4.64. The monoisotopic (exact) mass is 590 g/mol. The number of benzene rings is 1. The first-order chi connectivity index (χ1) is 19.0. The van der Waals surface area contributed by atoms with Crippen LogP contribution in [0.15, 0.2) is 23.8 Å². The minimum absolute atomic E-state index is 0.0901. The summed E-state index contributed by atoms with van der Waals surface area (Å²) in [5.41, 5.74) is 0.782. The van der Waals surface area contributed by atoms with E-state index in [1.165, 1.54) is 32.2 Å². The number of carbonyl (C=O) groups is 4. The SMILES string of the molecule is COc1cc(O)c(C2C3=CCC4C(=O)N(C5CCCCC5)C(=O)C4C3CC3(Cl)C(=O)N(C)C(=O)C23Cl)c(OC)c1. The van der Waals surface area contributed by atoms with Gasteiger partial charge in [-0.2, -0.15) is 0 Å². The van der Waals surface area contributed by atoms with E-state index in [9.17, 15) is 24.3 Å². The molecule has 6 unspecified atom stereocenters. The molecule has 11 heteroatoms. The number of phenols is 1. The molecule has 6 rings (SSSR count). The molecule has 2 saturated carbocycles. The van der Waals surface area contributed by atoms with Crippen LogP contribution in [-0.2, 0) is 19.2 Å². The first-order valence-electron chi connectivity index (χ1n) is 13.7. The van der Waals surface area contributed by atoms with Gasteiger partial charge in [-0.1, -0.05) is 30.9 Å². The molecule has 6 atom stereocenters. The molecule has 214 valence electrons. The normalized spacial score (nSPS) is 35.9. The number of fused-ring (bicyclic) bond motifs is 4. The number of hydrogen-bond donors (Lipinski definition) is 1. The number of rotatable bonds is 4. The lowest BCUT2D eigenvalue weighted by atomic mass is 9.56. The van der Waals surface area contributed by atoms with Crippen LogP contribution in [0.25, 0.3) is 0 Å². The molecule has 0 bridgehead atoms. The number of ether oxygens (including phenoxy) is 2. The topological polar surface area (TPSA) is 113 Å². The van der Waals surface area contributed by atoms with Crippen molar-refractivity contribution in [2.75, 3.05) is 21.3 Å². The van der Waals surface area contributed by atoms with Crippen molar-refractivity contribution in [1.29, 1.82) is 0 Å². The molecule has 1 aromatic carbocycles. The number of alkyl halides is 2. The molecule has 2 heterocycles. The van der Waals surface area contributed by atoms with Gasteiger partial charge in [-0.15, -0.1) is 23.2 Å². The van der Waals surface area contributed by atoms with E-state index in [2.05, 4.69) is 0 Å². The van der Waals surface area contributed by atoms with Crippen LogP contribution in [0.3, 0.4) is 0 Å². The summed E-state index contributed by atoms with van der Waals surface area (Å²) in [6.07, 6.45) is 6.61. The van der Waals surface area contributed by atoms with Crippen molar-refractivity contribution in [2.24, 2.45) is 17.8 Å². The largest absolute Gasteiger partial charge is 0.507 e. The molecular formula is C29H32Cl2N2O7. The van der Waals surface area contributed by atoms with E-state index in [0.717, 1.165) is 37.0 Å². The number of allylic oxidation sites excluding steroid dienone is 2. The van der Waals surface area contributed by atoms with Crippen LogP contribution in [0.2, 0.25) is 0 Å².